The summed E-state index contributed by atoms with van der Waals surface area (Å²) in [5.74, 6) is 0.406. The molecule has 1 amide bonds. The van der Waals surface area contributed by atoms with Crippen LogP contribution in [-0.4, -0.2) is 16.0 Å². The highest BCUT2D eigenvalue weighted by Crippen LogP contribution is 2.39. The smallest absolute Gasteiger partial charge is 0.268 e. The molecule has 1 N–H and O–H groups in total. The molecule has 1 saturated carbocycles. The van der Waals surface area contributed by atoms with Gasteiger partial charge >= 0.3 is 0 Å². The number of carbonyl (C=O) groups excluding carboxylic acids is 1. The van der Waals surface area contributed by atoms with Gasteiger partial charge in [0.15, 0.2) is 5.82 Å². The Labute approximate surface area is 152 Å². The van der Waals surface area contributed by atoms with Crippen LogP contribution in [-0.2, 0) is 6.54 Å². The van der Waals surface area contributed by atoms with E-state index in [1.807, 2.05) is 18.2 Å². The van der Waals surface area contributed by atoms with Crippen LogP contribution in [0.3, 0.4) is 0 Å². The van der Waals surface area contributed by atoms with Gasteiger partial charge in [-0.25, -0.2) is 4.39 Å². The van der Waals surface area contributed by atoms with Crippen molar-refractivity contribution < 1.29 is 13.7 Å². The molecule has 8 heteroatoms. The molecule has 0 spiro atoms. The van der Waals surface area contributed by atoms with Gasteiger partial charge in [-0.15, -0.1) is 11.3 Å². The van der Waals surface area contributed by atoms with Crippen LogP contribution in [0.2, 0.25) is 0 Å². The Morgan fingerprint density at radius 3 is 2.96 bits per heavy atom. The molecule has 0 bridgehead atoms. The lowest BCUT2D eigenvalue weighted by Gasteiger charge is -2.05. The molecule has 0 saturated heterocycles. The normalized spacial score (nSPS) is 13.4. The molecule has 1 aromatic carbocycles. The summed E-state index contributed by atoms with van der Waals surface area (Å²) in [5, 5.41) is 15.4. The van der Waals surface area contributed by atoms with Crippen molar-refractivity contribution >= 4 is 17.2 Å². The number of benzene rings is 1. The number of hydrogen-bond acceptors (Lipinski definition) is 6. The van der Waals surface area contributed by atoms with Crippen LogP contribution in [0.5, 0.6) is 0 Å². The Hall–Kier alpha value is -3.05. The zero-order valence-electron chi connectivity index (χ0n) is 13.5. The summed E-state index contributed by atoms with van der Waals surface area (Å²) in [7, 11) is 0. The lowest BCUT2D eigenvalue weighted by atomic mass is 10.1. The van der Waals surface area contributed by atoms with Crippen LogP contribution >= 0.6 is 11.3 Å². The number of nitrogens with zero attached hydrogens (tertiary/aromatic N) is 3. The average molecular weight is 368 g/mol. The molecule has 2 aromatic heterocycles. The summed E-state index contributed by atoms with van der Waals surface area (Å²) in [4.78, 5) is 18.2. The van der Waals surface area contributed by atoms with Crippen LogP contribution in [0.4, 0.5) is 4.39 Å². The predicted molar refractivity (Wildman–Crippen MR) is 91.9 cm³/mol. The SMILES string of the molecule is N#Cc1ccc(C(=O)NCc2ccc(-c3nc(C4CC4)no3)s2)c(F)c1. The highest BCUT2D eigenvalue weighted by atomic mass is 32.1. The molecule has 2 heterocycles. The molecule has 0 aliphatic heterocycles. The third-order valence-corrected chi connectivity index (χ3v) is 5.10. The van der Waals surface area contributed by atoms with Crippen molar-refractivity contribution in [3.8, 4) is 16.8 Å². The zero-order valence-corrected chi connectivity index (χ0v) is 14.3. The van der Waals surface area contributed by atoms with Gasteiger partial charge < -0.3 is 9.84 Å². The fraction of sp³-hybridized carbons (Fsp3) is 0.222. The van der Waals surface area contributed by atoms with E-state index < -0.39 is 11.7 Å². The summed E-state index contributed by atoms with van der Waals surface area (Å²) < 4.78 is 19.2. The maximum absolute atomic E-state index is 13.9. The lowest BCUT2D eigenvalue weighted by molar-refractivity contribution is 0.0947. The molecule has 0 radical (unpaired) electrons. The van der Waals surface area contributed by atoms with Gasteiger partial charge in [0.2, 0.25) is 0 Å². The molecule has 0 unspecified atom stereocenters. The zero-order chi connectivity index (χ0) is 18.1. The lowest BCUT2D eigenvalue weighted by Crippen LogP contribution is -2.23. The van der Waals surface area contributed by atoms with Crippen LogP contribution in [0, 0.1) is 17.1 Å². The highest BCUT2D eigenvalue weighted by molar-refractivity contribution is 7.15. The van der Waals surface area contributed by atoms with Crippen molar-refractivity contribution in [1.29, 1.82) is 5.26 Å². The number of nitrogens with one attached hydrogen (secondary N) is 1. The number of hydrogen-bond donors (Lipinski definition) is 1. The van der Waals surface area contributed by atoms with E-state index in [0.29, 0.717) is 11.8 Å². The van der Waals surface area contributed by atoms with E-state index >= 15 is 0 Å². The van der Waals surface area contributed by atoms with Gasteiger partial charge in [0.05, 0.1) is 28.6 Å². The second-order valence-corrected chi connectivity index (χ2v) is 7.16. The summed E-state index contributed by atoms with van der Waals surface area (Å²) >= 11 is 1.43. The number of amides is 1. The number of aromatic nitrogens is 2. The molecular formula is C18H13FN4O2S. The fourth-order valence-corrected chi connectivity index (χ4v) is 3.33. The third kappa shape index (κ3) is 3.34. The highest BCUT2D eigenvalue weighted by Gasteiger charge is 2.29. The number of carbonyl (C=O) groups is 1. The van der Waals surface area contributed by atoms with Crippen molar-refractivity contribution in [1.82, 2.24) is 15.5 Å². The van der Waals surface area contributed by atoms with Gasteiger partial charge in [-0.05, 0) is 43.2 Å². The second-order valence-electron chi connectivity index (χ2n) is 5.99. The van der Waals surface area contributed by atoms with Crippen LogP contribution in [0.25, 0.3) is 10.8 Å². The quantitative estimate of drug-likeness (QED) is 0.743. The molecule has 3 aromatic rings. The molecule has 1 fully saturated rings. The van der Waals surface area contributed by atoms with Crippen molar-refractivity contribution in [2.75, 3.05) is 0 Å². The Morgan fingerprint density at radius 1 is 1.38 bits per heavy atom. The van der Waals surface area contributed by atoms with Gasteiger partial charge in [-0.1, -0.05) is 5.16 Å². The molecule has 0 atom stereocenters. The van der Waals surface area contributed by atoms with E-state index in [1.54, 1.807) is 0 Å². The monoisotopic (exact) mass is 368 g/mol. The van der Waals surface area contributed by atoms with E-state index in [1.165, 1.54) is 23.5 Å². The first-order valence-electron chi connectivity index (χ1n) is 8.04. The van der Waals surface area contributed by atoms with E-state index in [9.17, 15) is 9.18 Å². The number of nitriles is 1. The van der Waals surface area contributed by atoms with Crippen molar-refractivity contribution in [2.45, 2.75) is 25.3 Å². The Kier molecular flexibility index (Phi) is 4.22. The van der Waals surface area contributed by atoms with E-state index in [-0.39, 0.29) is 17.7 Å². The van der Waals surface area contributed by atoms with Crippen molar-refractivity contribution in [3.63, 3.8) is 0 Å². The van der Waals surface area contributed by atoms with Crippen LogP contribution < -0.4 is 5.32 Å². The molecule has 4 rings (SSSR count). The summed E-state index contributed by atoms with van der Waals surface area (Å²) in [6, 6.07) is 9.31. The third-order valence-electron chi connectivity index (χ3n) is 4.02. The number of rotatable bonds is 5. The topological polar surface area (TPSA) is 91.8 Å². The summed E-state index contributed by atoms with van der Waals surface area (Å²) in [6.45, 7) is 0.257. The molecule has 26 heavy (non-hydrogen) atoms. The molecular weight excluding hydrogens is 355 g/mol. The average Bonchev–Trinajstić information content (AvgIpc) is 3.19. The minimum absolute atomic E-state index is 0.0910. The largest absolute Gasteiger partial charge is 0.347 e. The van der Waals surface area contributed by atoms with Crippen LogP contribution in [0.1, 0.15) is 45.4 Å². The van der Waals surface area contributed by atoms with Crippen LogP contribution in [0.15, 0.2) is 34.9 Å². The van der Waals surface area contributed by atoms with Gasteiger partial charge in [0, 0.05) is 10.8 Å². The standard InChI is InChI=1S/C18H13FN4O2S/c19-14-7-10(8-20)1-5-13(14)17(24)21-9-12-4-6-15(26-12)18-22-16(23-25-18)11-2-3-11/h1,4-7,11H,2-3,9H2,(H,21,24). The maximum Gasteiger partial charge on any atom is 0.268 e. The Morgan fingerprint density at radius 2 is 2.23 bits per heavy atom. The second kappa shape index (κ2) is 6.69. The molecule has 130 valence electrons. The molecule has 1 aliphatic rings. The Bertz CT molecular complexity index is 1020. The minimum Gasteiger partial charge on any atom is -0.347 e. The summed E-state index contributed by atoms with van der Waals surface area (Å²) in [5.41, 5.74) is 0.0822. The first-order chi connectivity index (χ1) is 12.6. The van der Waals surface area contributed by atoms with Crippen molar-refractivity contribution in [3.05, 3.63) is 58.0 Å². The first-order valence-corrected chi connectivity index (χ1v) is 8.86. The summed E-state index contributed by atoms with van der Waals surface area (Å²) in [6.07, 6.45) is 2.21. The first kappa shape index (κ1) is 16.4. The number of halogens is 1. The molecule has 1 aliphatic carbocycles. The van der Waals surface area contributed by atoms with Gasteiger partial charge in [0.25, 0.3) is 11.8 Å². The number of thiophene rings is 1. The van der Waals surface area contributed by atoms with Gasteiger partial charge in [0.1, 0.15) is 5.82 Å². The Balaban J connectivity index is 1.41. The molecule has 6 nitrogen and oxygen atoms in total. The minimum atomic E-state index is -0.716. The van der Waals surface area contributed by atoms with E-state index in [2.05, 4.69) is 15.5 Å². The maximum atomic E-state index is 13.9. The van der Waals surface area contributed by atoms with Gasteiger partial charge in [-0.2, -0.15) is 10.2 Å². The fourth-order valence-electron chi connectivity index (χ4n) is 2.46. The van der Waals surface area contributed by atoms with Crippen molar-refractivity contribution in [2.24, 2.45) is 0 Å². The van der Waals surface area contributed by atoms with E-state index in [4.69, 9.17) is 9.78 Å². The van der Waals surface area contributed by atoms with E-state index in [0.717, 1.165) is 34.5 Å². The van der Waals surface area contributed by atoms with Gasteiger partial charge in [-0.3, -0.25) is 4.79 Å². The predicted octanol–water partition coefficient (Wildman–Crippen LogP) is 3.62.